The van der Waals surface area contributed by atoms with Crippen LogP contribution in [0.15, 0.2) is 89.8 Å². The minimum absolute atomic E-state index is 0.0845. The van der Waals surface area contributed by atoms with Crippen molar-refractivity contribution in [2.75, 3.05) is 27.4 Å². The number of hydrogen-bond acceptors (Lipinski definition) is 8. The Balaban J connectivity index is 0.00000165. The number of amides is 2. The number of thioether (sulfide) groups is 1. The summed E-state index contributed by atoms with van der Waals surface area (Å²) in [7, 11) is 3.25. The molecule has 2 aromatic rings. The smallest absolute Gasteiger partial charge is 0.279 e. The van der Waals surface area contributed by atoms with Gasteiger partial charge in [-0.2, -0.15) is 5.10 Å². The Hall–Kier alpha value is -3.93. The summed E-state index contributed by atoms with van der Waals surface area (Å²) >= 11 is 1.26. The number of para-hydroxylation sites is 1. The van der Waals surface area contributed by atoms with E-state index in [1.165, 1.54) is 41.0 Å². The van der Waals surface area contributed by atoms with Gasteiger partial charge >= 0.3 is 0 Å². The number of ether oxygens (including phenoxy) is 2. The van der Waals surface area contributed by atoms with Crippen LogP contribution >= 0.6 is 11.8 Å². The topological polar surface area (TPSA) is 121 Å². The quantitative estimate of drug-likeness (QED) is 0.252. The molecule has 0 fully saturated rings. The zero-order chi connectivity index (χ0) is 31.5. The maximum Gasteiger partial charge on any atom is 0.279 e. The number of aliphatic hydroxyl groups excluding tert-OH is 1. The van der Waals surface area contributed by atoms with Crippen molar-refractivity contribution in [1.29, 1.82) is 0 Å². The van der Waals surface area contributed by atoms with Gasteiger partial charge in [0.25, 0.3) is 11.8 Å². The number of allylic oxidation sites excluding steroid dienone is 4. The third-order valence-electron chi connectivity index (χ3n) is 5.03. The molecule has 0 saturated carbocycles. The third-order valence-corrected chi connectivity index (χ3v) is 6.17. The van der Waals surface area contributed by atoms with Gasteiger partial charge in [0.1, 0.15) is 27.7 Å². The Morgan fingerprint density at radius 2 is 1.81 bits per heavy atom. The predicted molar refractivity (Wildman–Crippen MR) is 166 cm³/mol. The van der Waals surface area contributed by atoms with Crippen molar-refractivity contribution in [2.24, 2.45) is 5.10 Å². The lowest BCUT2D eigenvalue weighted by atomic mass is 10.2. The molecule has 0 radical (unpaired) electrons. The van der Waals surface area contributed by atoms with Crippen molar-refractivity contribution in [3.05, 3.63) is 102 Å². The number of aromatic hydroxyl groups is 1. The van der Waals surface area contributed by atoms with Crippen molar-refractivity contribution in [2.45, 2.75) is 39.1 Å². The lowest BCUT2D eigenvalue weighted by Gasteiger charge is -2.18. The molecule has 9 nitrogen and oxygen atoms in total. The highest BCUT2D eigenvalue weighted by Crippen LogP contribution is 2.33. The van der Waals surface area contributed by atoms with Crippen LogP contribution in [0.5, 0.6) is 5.75 Å². The van der Waals surface area contributed by atoms with E-state index in [0.29, 0.717) is 16.4 Å². The van der Waals surface area contributed by atoms with E-state index < -0.39 is 23.2 Å². The number of carbonyl (C=O) groups is 2. The molecular formula is C31H40FN3O6S. The average Bonchev–Trinajstić information content (AvgIpc) is 3.42. The number of rotatable bonds is 10. The van der Waals surface area contributed by atoms with Gasteiger partial charge in [-0.1, -0.05) is 49.9 Å². The summed E-state index contributed by atoms with van der Waals surface area (Å²) in [5.74, 6) is -1.12. The van der Waals surface area contributed by atoms with E-state index in [1.807, 2.05) is 20.8 Å². The predicted octanol–water partition coefficient (Wildman–Crippen LogP) is 5.23. The van der Waals surface area contributed by atoms with Crippen molar-refractivity contribution in [3.63, 3.8) is 0 Å². The molecule has 2 atom stereocenters. The van der Waals surface area contributed by atoms with E-state index in [1.54, 1.807) is 75.8 Å². The van der Waals surface area contributed by atoms with Gasteiger partial charge in [0, 0.05) is 25.8 Å². The summed E-state index contributed by atoms with van der Waals surface area (Å²) in [5.41, 5.74) is 0.717. The second-order valence-corrected chi connectivity index (χ2v) is 9.49. The second kappa shape index (κ2) is 20.0. The van der Waals surface area contributed by atoms with E-state index in [2.05, 4.69) is 15.2 Å². The molecule has 0 bridgehead atoms. The number of halogens is 1. The maximum atomic E-state index is 13.4. The number of methoxy groups -OCH3 is 1. The first kappa shape index (κ1) is 36.1. The van der Waals surface area contributed by atoms with Crippen molar-refractivity contribution in [3.8, 4) is 5.75 Å². The fourth-order valence-electron chi connectivity index (χ4n) is 3.15. The van der Waals surface area contributed by atoms with Gasteiger partial charge in [-0.05, 0) is 68.5 Å². The van der Waals surface area contributed by atoms with Crippen LogP contribution in [0.3, 0.4) is 0 Å². The number of aliphatic hydroxyl groups is 1. The van der Waals surface area contributed by atoms with Crippen LogP contribution in [-0.4, -0.2) is 70.9 Å². The summed E-state index contributed by atoms with van der Waals surface area (Å²) in [6.07, 6.45) is 8.50. The fraction of sp³-hybridized carbons (Fsp3) is 0.323. The Bertz CT molecular complexity index is 1250. The molecule has 2 unspecified atom stereocenters. The van der Waals surface area contributed by atoms with Gasteiger partial charge in [0.15, 0.2) is 6.61 Å². The Labute approximate surface area is 251 Å². The highest BCUT2D eigenvalue weighted by atomic mass is 32.2. The molecule has 228 valence electrons. The molecule has 2 aromatic carbocycles. The normalized spacial score (nSPS) is 15.3. The van der Waals surface area contributed by atoms with Crippen molar-refractivity contribution in [1.82, 2.24) is 10.3 Å². The number of carbonyl (C=O) groups excluding carboxylic acids is 2. The molecule has 0 aliphatic carbocycles. The molecule has 2 amide bonds. The number of phenols is 1. The summed E-state index contributed by atoms with van der Waals surface area (Å²) in [6.45, 7) is 7.03. The van der Waals surface area contributed by atoms with Crippen molar-refractivity contribution >= 4 is 28.6 Å². The Kier molecular flexibility index (Phi) is 17.2. The largest absolute Gasteiger partial charge is 0.507 e. The fourth-order valence-corrected chi connectivity index (χ4v) is 4.19. The molecular weight excluding hydrogens is 561 g/mol. The summed E-state index contributed by atoms with van der Waals surface area (Å²) < 4.78 is 23.3. The van der Waals surface area contributed by atoms with Crippen LogP contribution < -0.4 is 5.32 Å². The van der Waals surface area contributed by atoms with Crippen LogP contribution in [-0.2, 0) is 14.3 Å². The molecule has 42 heavy (non-hydrogen) atoms. The molecule has 1 aliphatic rings. The van der Waals surface area contributed by atoms with Crippen LogP contribution in [0, 0.1) is 5.82 Å². The van der Waals surface area contributed by atoms with Gasteiger partial charge in [-0.25, -0.2) is 9.40 Å². The molecule has 1 heterocycles. The second-order valence-electron chi connectivity index (χ2n) is 8.39. The van der Waals surface area contributed by atoms with Crippen LogP contribution in [0.2, 0.25) is 0 Å². The van der Waals surface area contributed by atoms with Gasteiger partial charge in [0.2, 0.25) is 0 Å². The zero-order valence-electron chi connectivity index (χ0n) is 24.8. The molecule has 1 aliphatic heterocycles. The minimum Gasteiger partial charge on any atom is -0.507 e. The highest BCUT2D eigenvalue weighted by Gasteiger charge is 2.33. The van der Waals surface area contributed by atoms with Crippen molar-refractivity contribution < 1.29 is 33.7 Å². The Morgan fingerprint density at radius 3 is 2.40 bits per heavy atom. The van der Waals surface area contributed by atoms with E-state index in [9.17, 15) is 19.1 Å². The molecule has 0 saturated heterocycles. The first-order valence-corrected chi connectivity index (χ1v) is 14.2. The van der Waals surface area contributed by atoms with Gasteiger partial charge in [-0.3, -0.25) is 9.59 Å². The molecule has 3 rings (SSSR count). The van der Waals surface area contributed by atoms with Crippen LogP contribution in [0.4, 0.5) is 4.39 Å². The summed E-state index contributed by atoms with van der Waals surface area (Å²) in [5, 5.41) is 27.5. The van der Waals surface area contributed by atoms with Gasteiger partial charge in [0.05, 0.1) is 12.2 Å². The molecule has 11 heteroatoms. The SMILES string of the molecule is CC.COC.C\C=C/C=C(\C=C\C1SC(c2ccc(F)cc2)=NN1C(=O)c1ccccc1O)OCC(=O)NC(C)CO. The molecule has 0 aromatic heterocycles. The Morgan fingerprint density at radius 1 is 1.17 bits per heavy atom. The zero-order valence-corrected chi connectivity index (χ0v) is 25.6. The molecule has 0 spiro atoms. The monoisotopic (exact) mass is 601 g/mol. The minimum atomic E-state index is -0.618. The number of hydrogen-bond donors (Lipinski definition) is 3. The lowest BCUT2D eigenvalue weighted by molar-refractivity contribution is -0.125. The number of nitrogens with zero attached hydrogens (tertiary/aromatic N) is 2. The van der Waals surface area contributed by atoms with E-state index >= 15 is 0 Å². The number of phenolic OH excluding ortho intramolecular Hbond substituents is 1. The first-order valence-electron chi connectivity index (χ1n) is 13.3. The number of benzene rings is 2. The van der Waals surface area contributed by atoms with E-state index in [-0.39, 0.29) is 30.3 Å². The van der Waals surface area contributed by atoms with Gasteiger partial charge in [-0.15, -0.1) is 0 Å². The lowest BCUT2D eigenvalue weighted by Crippen LogP contribution is -2.37. The summed E-state index contributed by atoms with van der Waals surface area (Å²) in [6, 6.07) is 11.5. The molecule has 3 N–H and O–H groups in total. The highest BCUT2D eigenvalue weighted by molar-refractivity contribution is 8.15. The maximum absolute atomic E-state index is 13.4. The van der Waals surface area contributed by atoms with Gasteiger partial charge < -0.3 is 25.0 Å². The third kappa shape index (κ3) is 11.9. The standard InChI is InChI=1S/C27H28FN3O5S.C2H6O.C2H6/c1-3-4-7-21(36-17-24(34)29-18(2)16-32)14-15-25-31(27(35)22-8-5-6-9-23(22)33)30-26(37-25)19-10-12-20(28)13-11-19;1-3-2;1-2/h3-15,18,25,32-33H,16-17H2,1-2H3,(H,29,34);1-2H3;1-2H3/b4-3-,15-14+,21-7+;;. The number of hydrazone groups is 1. The van der Waals surface area contributed by atoms with Crippen LogP contribution in [0.25, 0.3) is 0 Å². The average molecular weight is 602 g/mol. The van der Waals surface area contributed by atoms with E-state index in [0.717, 1.165) is 0 Å². The summed E-state index contributed by atoms with van der Waals surface area (Å²) in [4.78, 5) is 25.4. The number of nitrogens with one attached hydrogen (secondary N) is 1. The van der Waals surface area contributed by atoms with E-state index in [4.69, 9.17) is 9.84 Å². The van der Waals surface area contributed by atoms with Crippen LogP contribution in [0.1, 0.15) is 43.6 Å². The first-order chi connectivity index (χ1) is 20.2.